The Labute approximate surface area is 170 Å². The zero-order chi connectivity index (χ0) is 19.6. The van der Waals surface area contributed by atoms with Crippen LogP contribution in [0.5, 0.6) is 0 Å². The van der Waals surface area contributed by atoms with Crippen LogP contribution in [0.1, 0.15) is 12.5 Å². The second kappa shape index (κ2) is 8.21. The maximum atomic E-state index is 13.0. The van der Waals surface area contributed by atoms with E-state index in [4.69, 9.17) is 23.8 Å². The number of anilines is 1. The van der Waals surface area contributed by atoms with Gasteiger partial charge in [-0.25, -0.2) is 4.39 Å². The van der Waals surface area contributed by atoms with Gasteiger partial charge in [0.1, 0.15) is 16.2 Å². The Bertz CT molecular complexity index is 930. The van der Waals surface area contributed by atoms with Crippen molar-refractivity contribution in [2.45, 2.75) is 13.0 Å². The Balaban J connectivity index is 1.74. The number of benzene rings is 2. The summed E-state index contributed by atoms with van der Waals surface area (Å²) < 4.78 is 13.3. The molecule has 1 saturated heterocycles. The van der Waals surface area contributed by atoms with Crippen LogP contribution >= 0.6 is 35.6 Å². The van der Waals surface area contributed by atoms with Crippen molar-refractivity contribution >= 4 is 63.5 Å². The quantitative estimate of drug-likeness (QED) is 0.575. The van der Waals surface area contributed by atoms with Crippen molar-refractivity contribution in [3.05, 3.63) is 69.8 Å². The fourth-order valence-electron chi connectivity index (χ4n) is 2.42. The van der Waals surface area contributed by atoms with Crippen LogP contribution in [0.25, 0.3) is 6.08 Å². The molecule has 138 valence electrons. The Morgan fingerprint density at radius 3 is 2.48 bits per heavy atom. The minimum atomic E-state index is -0.807. The molecule has 1 unspecified atom stereocenters. The molecule has 2 aromatic rings. The highest BCUT2D eigenvalue weighted by atomic mass is 35.5. The van der Waals surface area contributed by atoms with Crippen molar-refractivity contribution < 1.29 is 14.0 Å². The molecule has 1 aliphatic heterocycles. The van der Waals surface area contributed by atoms with E-state index in [1.165, 1.54) is 29.2 Å². The third-order valence-corrected chi connectivity index (χ3v) is 5.45. The van der Waals surface area contributed by atoms with Crippen LogP contribution in [0.2, 0.25) is 5.02 Å². The van der Waals surface area contributed by atoms with Crippen LogP contribution in [0.4, 0.5) is 10.1 Å². The summed E-state index contributed by atoms with van der Waals surface area (Å²) in [7, 11) is 0. The molecule has 0 saturated carbocycles. The Kier molecular flexibility index (Phi) is 5.94. The number of carbonyl (C=O) groups is 2. The van der Waals surface area contributed by atoms with Gasteiger partial charge in [-0.15, -0.1) is 0 Å². The fourth-order valence-corrected chi connectivity index (χ4v) is 3.97. The number of amides is 2. The molecule has 27 heavy (non-hydrogen) atoms. The number of thiocarbonyl (C=S) groups is 1. The Hall–Kier alpha value is -2.22. The maximum Gasteiger partial charge on any atom is 0.266 e. The van der Waals surface area contributed by atoms with E-state index in [-0.39, 0.29) is 5.91 Å². The molecule has 2 aromatic carbocycles. The second-order valence-corrected chi connectivity index (χ2v) is 7.89. The van der Waals surface area contributed by atoms with E-state index in [1.807, 2.05) is 0 Å². The van der Waals surface area contributed by atoms with Gasteiger partial charge in [0.2, 0.25) is 5.91 Å². The monoisotopic (exact) mass is 420 g/mol. The van der Waals surface area contributed by atoms with Crippen LogP contribution in [-0.4, -0.2) is 27.1 Å². The lowest BCUT2D eigenvalue weighted by molar-refractivity contribution is -0.129. The van der Waals surface area contributed by atoms with E-state index in [9.17, 15) is 14.0 Å². The van der Waals surface area contributed by atoms with Crippen LogP contribution in [0.3, 0.4) is 0 Å². The van der Waals surface area contributed by atoms with Crippen LogP contribution in [-0.2, 0) is 9.59 Å². The van der Waals surface area contributed by atoms with E-state index >= 15 is 0 Å². The van der Waals surface area contributed by atoms with Gasteiger partial charge in [-0.3, -0.25) is 14.5 Å². The minimum Gasteiger partial charge on any atom is -0.324 e. The second-order valence-electron chi connectivity index (χ2n) is 5.78. The Morgan fingerprint density at radius 1 is 1.22 bits per heavy atom. The van der Waals surface area contributed by atoms with E-state index in [0.717, 1.165) is 17.3 Å². The number of thioether (sulfide) groups is 1. The fraction of sp³-hybridized carbons (Fsp3) is 0.105. The van der Waals surface area contributed by atoms with Crippen LogP contribution < -0.4 is 5.32 Å². The Morgan fingerprint density at radius 2 is 1.85 bits per heavy atom. The van der Waals surface area contributed by atoms with Gasteiger partial charge in [-0.05, 0) is 55.0 Å². The topological polar surface area (TPSA) is 49.4 Å². The molecule has 0 aromatic heterocycles. The molecule has 1 heterocycles. The standard InChI is InChI=1S/C19H14ClFN2O2S2/c1-11(17(24)22-15-8-6-14(21)7-9-15)23-18(25)16(27-19(23)26)10-12-2-4-13(20)5-3-12/h2-11H,1H3,(H,22,24)/b16-10-. The molecule has 2 amide bonds. The first kappa shape index (κ1) is 19.5. The lowest BCUT2D eigenvalue weighted by Gasteiger charge is -2.22. The smallest absolute Gasteiger partial charge is 0.266 e. The molecule has 1 N–H and O–H groups in total. The van der Waals surface area contributed by atoms with Gasteiger partial charge < -0.3 is 5.32 Å². The number of halogens is 2. The highest BCUT2D eigenvalue weighted by molar-refractivity contribution is 8.26. The molecular formula is C19H14ClFN2O2S2. The summed E-state index contributed by atoms with van der Waals surface area (Å²) in [6, 6.07) is 11.6. The van der Waals surface area contributed by atoms with Gasteiger partial charge in [0, 0.05) is 10.7 Å². The number of carbonyl (C=O) groups excluding carboxylic acids is 2. The summed E-state index contributed by atoms with van der Waals surface area (Å²) in [6.07, 6.45) is 1.71. The summed E-state index contributed by atoms with van der Waals surface area (Å²) in [5, 5.41) is 3.26. The zero-order valence-electron chi connectivity index (χ0n) is 14.1. The molecule has 0 spiro atoms. The first-order chi connectivity index (χ1) is 12.8. The van der Waals surface area contributed by atoms with Crippen molar-refractivity contribution in [2.75, 3.05) is 5.32 Å². The summed E-state index contributed by atoms with van der Waals surface area (Å²) in [6.45, 7) is 1.59. The first-order valence-electron chi connectivity index (χ1n) is 7.94. The average Bonchev–Trinajstić information content (AvgIpc) is 2.91. The lowest BCUT2D eigenvalue weighted by atomic mass is 10.2. The molecule has 1 aliphatic rings. The zero-order valence-corrected chi connectivity index (χ0v) is 16.5. The van der Waals surface area contributed by atoms with Crippen molar-refractivity contribution in [1.29, 1.82) is 0 Å². The highest BCUT2D eigenvalue weighted by Crippen LogP contribution is 2.34. The minimum absolute atomic E-state index is 0.307. The molecule has 4 nitrogen and oxygen atoms in total. The SMILES string of the molecule is CC(C(=O)Nc1ccc(F)cc1)N1C(=O)/C(=C/c2ccc(Cl)cc2)SC1=S. The number of hydrogen-bond acceptors (Lipinski definition) is 4. The maximum absolute atomic E-state index is 13.0. The largest absolute Gasteiger partial charge is 0.324 e. The van der Waals surface area contributed by atoms with Crippen molar-refractivity contribution in [1.82, 2.24) is 4.90 Å². The molecular weight excluding hydrogens is 407 g/mol. The first-order valence-corrected chi connectivity index (χ1v) is 9.54. The van der Waals surface area contributed by atoms with Crippen molar-refractivity contribution in [3.8, 4) is 0 Å². The lowest BCUT2D eigenvalue weighted by Crippen LogP contribution is -2.44. The molecule has 1 atom stereocenters. The van der Waals surface area contributed by atoms with Crippen molar-refractivity contribution in [2.24, 2.45) is 0 Å². The number of rotatable bonds is 4. The van der Waals surface area contributed by atoms with Gasteiger partial charge >= 0.3 is 0 Å². The summed E-state index contributed by atoms with van der Waals surface area (Å²) in [4.78, 5) is 26.9. The van der Waals surface area contributed by atoms with E-state index in [0.29, 0.717) is 19.9 Å². The number of hydrogen-bond donors (Lipinski definition) is 1. The molecule has 3 rings (SSSR count). The van der Waals surface area contributed by atoms with Gasteiger partial charge in [-0.2, -0.15) is 0 Å². The predicted molar refractivity (Wildman–Crippen MR) is 111 cm³/mol. The van der Waals surface area contributed by atoms with Crippen LogP contribution in [0.15, 0.2) is 53.4 Å². The molecule has 0 aliphatic carbocycles. The van der Waals surface area contributed by atoms with Crippen LogP contribution in [0, 0.1) is 5.82 Å². The molecule has 0 radical (unpaired) electrons. The normalized spacial score (nSPS) is 16.7. The van der Waals surface area contributed by atoms with Gasteiger partial charge in [0.25, 0.3) is 5.91 Å². The van der Waals surface area contributed by atoms with E-state index < -0.39 is 17.8 Å². The number of nitrogens with zero attached hydrogens (tertiary/aromatic N) is 1. The predicted octanol–water partition coefficient (Wildman–Crippen LogP) is 4.71. The summed E-state index contributed by atoms with van der Waals surface area (Å²) in [5.41, 5.74) is 1.25. The van der Waals surface area contributed by atoms with Crippen molar-refractivity contribution in [3.63, 3.8) is 0 Å². The van der Waals surface area contributed by atoms with Gasteiger partial charge in [0.05, 0.1) is 4.91 Å². The molecule has 0 bridgehead atoms. The highest BCUT2D eigenvalue weighted by Gasteiger charge is 2.38. The number of nitrogens with one attached hydrogen (secondary N) is 1. The third-order valence-electron chi connectivity index (χ3n) is 3.87. The summed E-state index contributed by atoms with van der Waals surface area (Å²) in [5.74, 6) is -1.14. The van der Waals surface area contributed by atoms with Gasteiger partial charge in [0.15, 0.2) is 0 Å². The van der Waals surface area contributed by atoms with E-state index in [1.54, 1.807) is 37.3 Å². The van der Waals surface area contributed by atoms with E-state index in [2.05, 4.69) is 5.32 Å². The average molecular weight is 421 g/mol. The van der Waals surface area contributed by atoms with Gasteiger partial charge in [-0.1, -0.05) is 47.7 Å². The molecule has 8 heteroatoms. The third kappa shape index (κ3) is 4.55. The molecule has 1 fully saturated rings. The summed E-state index contributed by atoms with van der Waals surface area (Å²) >= 11 is 12.3.